The van der Waals surface area contributed by atoms with E-state index in [1.807, 2.05) is 0 Å². The lowest BCUT2D eigenvalue weighted by Gasteiger charge is -2.39. The first-order valence-electron chi connectivity index (χ1n) is 7.15. The maximum atomic E-state index is 3.92. The van der Waals surface area contributed by atoms with E-state index in [0.717, 1.165) is 12.1 Å². The van der Waals surface area contributed by atoms with Gasteiger partial charge < -0.3 is 10.2 Å². The third-order valence-electron chi connectivity index (χ3n) is 4.03. The van der Waals surface area contributed by atoms with Crippen molar-refractivity contribution in [2.75, 3.05) is 31.1 Å². The number of nitrogens with one attached hydrogen (secondary N) is 1. The van der Waals surface area contributed by atoms with Gasteiger partial charge in [0, 0.05) is 24.4 Å². The number of likely N-dealkylation sites (tertiary alicyclic amines) is 1. The molecule has 2 atom stereocenters. The van der Waals surface area contributed by atoms with Crippen LogP contribution in [0.5, 0.6) is 0 Å². The van der Waals surface area contributed by atoms with Crippen molar-refractivity contribution in [3.8, 4) is 0 Å². The number of likely N-dealkylation sites (N-methyl/N-ethyl adjacent to an activating group) is 1. The highest BCUT2D eigenvalue weighted by Crippen LogP contribution is 2.33. The minimum atomic E-state index is 0.527. The second-order valence-corrected chi connectivity index (χ2v) is 7.51. The molecular formula is C14H28N2S. The van der Waals surface area contributed by atoms with Crippen molar-refractivity contribution in [1.29, 1.82) is 0 Å². The van der Waals surface area contributed by atoms with Crippen molar-refractivity contribution >= 4 is 11.8 Å². The van der Waals surface area contributed by atoms with Crippen molar-refractivity contribution in [2.45, 2.75) is 52.1 Å². The van der Waals surface area contributed by atoms with E-state index in [1.54, 1.807) is 0 Å². The molecule has 0 amide bonds. The molecule has 1 N–H and O–H groups in total. The second-order valence-electron chi connectivity index (χ2n) is 6.48. The largest absolute Gasteiger partial charge is 0.309 e. The van der Waals surface area contributed by atoms with Crippen LogP contribution >= 0.6 is 11.8 Å². The standard InChI is InChI=1S/C14H28N2S/c1-4-16-7-5-6-12(9-16)15-13-8-14(2,3)11-17-10-13/h12-13,15H,4-11H2,1-3H3. The summed E-state index contributed by atoms with van der Waals surface area (Å²) in [4.78, 5) is 2.59. The van der Waals surface area contributed by atoms with Gasteiger partial charge in [0.2, 0.25) is 0 Å². The van der Waals surface area contributed by atoms with E-state index in [2.05, 4.69) is 42.7 Å². The zero-order valence-corrected chi connectivity index (χ0v) is 12.5. The average molecular weight is 256 g/mol. The van der Waals surface area contributed by atoms with Crippen LogP contribution in [-0.2, 0) is 0 Å². The van der Waals surface area contributed by atoms with Crippen LogP contribution in [0.1, 0.15) is 40.0 Å². The highest BCUT2D eigenvalue weighted by Gasteiger charge is 2.30. The fourth-order valence-electron chi connectivity index (χ4n) is 3.18. The Morgan fingerprint density at radius 3 is 2.88 bits per heavy atom. The van der Waals surface area contributed by atoms with Crippen LogP contribution < -0.4 is 5.32 Å². The van der Waals surface area contributed by atoms with Gasteiger partial charge in [-0.15, -0.1) is 0 Å². The van der Waals surface area contributed by atoms with E-state index >= 15 is 0 Å². The van der Waals surface area contributed by atoms with Gasteiger partial charge in [0.25, 0.3) is 0 Å². The molecule has 0 spiro atoms. The van der Waals surface area contributed by atoms with Gasteiger partial charge >= 0.3 is 0 Å². The van der Waals surface area contributed by atoms with Gasteiger partial charge in [0.15, 0.2) is 0 Å². The summed E-state index contributed by atoms with van der Waals surface area (Å²) in [6.07, 6.45) is 4.09. The van der Waals surface area contributed by atoms with E-state index < -0.39 is 0 Å². The van der Waals surface area contributed by atoms with Gasteiger partial charge in [0.05, 0.1) is 0 Å². The number of thioether (sulfide) groups is 1. The third-order valence-corrected chi connectivity index (χ3v) is 5.66. The molecule has 17 heavy (non-hydrogen) atoms. The first-order chi connectivity index (χ1) is 8.09. The molecule has 2 aliphatic rings. The monoisotopic (exact) mass is 256 g/mol. The van der Waals surface area contributed by atoms with Crippen LogP contribution in [0.15, 0.2) is 0 Å². The summed E-state index contributed by atoms with van der Waals surface area (Å²) in [5.74, 6) is 2.64. The Balaban J connectivity index is 1.80. The Morgan fingerprint density at radius 1 is 1.35 bits per heavy atom. The molecule has 2 unspecified atom stereocenters. The average Bonchev–Trinajstić information content (AvgIpc) is 2.28. The number of piperidine rings is 1. The molecule has 0 aromatic heterocycles. The summed E-state index contributed by atoms with van der Waals surface area (Å²) in [5, 5.41) is 3.92. The van der Waals surface area contributed by atoms with Crippen molar-refractivity contribution < 1.29 is 0 Å². The Labute approximate surface area is 111 Å². The number of nitrogens with zero attached hydrogens (tertiary/aromatic N) is 1. The first kappa shape index (κ1) is 13.7. The van der Waals surface area contributed by atoms with E-state index in [9.17, 15) is 0 Å². The summed E-state index contributed by atoms with van der Waals surface area (Å²) >= 11 is 2.13. The fourth-order valence-corrected chi connectivity index (χ4v) is 4.47. The molecule has 2 fully saturated rings. The lowest BCUT2D eigenvalue weighted by atomic mass is 9.87. The van der Waals surface area contributed by atoms with Gasteiger partial charge in [-0.05, 0) is 43.5 Å². The van der Waals surface area contributed by atoms with Crippen molar-refractivity contribution in [2.24, 2.45) is 5.41 Å². The molecule has 2 rings (SSSR count). The molecular weight excluding hydrogens is 228 g/mol. The van der Waals surface area contributed by atoms with Gasteiger partial charge in [-0.2, -0.15) is 11.8 Å². The van der Waals surface area contributed by atoms with Crippen LogP contribution in [0.25, 0.3) is 0 Å². The maximum Gasteiger partial charge on any atom is 0.0198 e. The van der Waals surface area contributed by atoms with Crippen LogP contribution in [-0.4, -0.2) is 48.1 Å². The van der Waals surface area contributed by atoms with E-state index in [0.29, 0.717) is 5.41 Å². The lowest BCUT2D eigenvalue weighted by molar-refractivity contribution is 0.182. The Bertz CT molecular complexity index is 242. The zero-order chi connectivity index (χ0) is 12.3. The Kier molecular flexibility index (Phi) is 4.79. The smallest absolute Gasteiger partial charge is 0.0198 e. The highest BCUT2D eigenvalue weighted by atomic mass is 32.2. The second kappa shape index (κ2) is 5.94. The topological polar surface area (TPSA) is 15.3 Å². The fraction of sp³-hybridized carbons (Fsp3) is 1.00. The minimum absolute atomic E-state index is 0.527. The number of rotatable bonds is 3. The Morgan fingerprint density at radius 2 is 2.18 bits per heavy atom. The highest BCUT2D eigenvalue weighted by molar-refractivity contribution is 7.99. The summed E-state index contributed by atoms with van der Waals surface area (Å²) < 4.78 is 0. The zero-order valence-electron chi connectivity index (χ0n) is 11.7. The molecule has 3 heteroatoms. The van der Waals surface area contributed by atoms with Gasteiger partial charge in [-0.3, -0.25) is 0 Å². The lowest BCUT2D eigenvalue weighted by Crippen LogP contribution is -2.51. The maximum absolute atomic E-state index is 3.92. The van der Waals surface area contributed by atoms with E-state index in [-0.39, 0.29) is 0 Å². The van der Waals surface area contributed by atoms with Gasteiger partial charge in [-0.25, -0.2) is 0 Å². The van der Waals surface area contributed by atoms with Crippen LogP contribution in [0.2, 0.25) is 0 Å². The molecule has 0 saturated carbocycles. The van der Waals surface area contributed by atoms with Crippen LogP contribution in [0.4, 0.5) is 0 Å². The van der Waals surface area contributed by atoms with Crippen LogP contribution in [0, 0.1) is 5.41 Å². The number of hydrogen-bond acceptors (Lipinski definition) is 3. The van der Waals surface area contributed by atoms with Crippen molar-refractivity contribution in [3.05, 3.63) is 0 Å². The molecule has 0 aliphatic carbocycles. The predicted molar refractivity (Wildman–Crippen MR) is 77.8 cm³/mol. The predicted octanol–water partition coefficient (Wildman–Crippen LogP) is 2.59. The summed E-state index contributed by atoms with van der Waals surface area (Å²) in [6, 6.07) is 1.48. The quantitative estimate of drug-likeness (QED) is 0.835. The van der Waals surface area contributed by atoms with Crippen molar-refractivity contribution in [1.82, 2.24) is 10.2 Å². The van der Waals surface area contributed by atoms with Gasteiger partial charge in [0.1, 0.15) is 0 Å². The van der Waals surface area contributed by atoms with E-state index in [1.165, 1.54) is 50.4 Å². The van der Waals surface area contributed by atoms with Gasteiger partial charge in [-0.1, -0.05) is 20.8 Å². The van der Waals surface area contributed by atoms with Crippen LogP contribution in [0.3, 0.4) is 0 Å². The first-order valence-corrected chi connectivity index (χ1v) is 8.31. The molecule has 100 valence electrons. The third kappa shape index (κ3) is 4.15. The molecule has 2 heterocycles. The summed E-state index contributed by atoms with van der Waals surface area (Å²) in [7, 11) is 0. The van der Waals surface area contributed by atoms with E-state index in [4.69, 9.17) is 0 Å². The molecule has 0 radical (unpaired) electrons. The Hall–Kier alpha value is 0.270. The minimum Gasteiger partial charge on any atom is -0.309 e. The molecule has 2 aliphatic heterocycles. The molecule has 0 aromatic rings. The molecule has 2 nitrogen and oxygen atoms in total. The molecule has 0 aromatic carbocycles. The summed E-state index contributed by atoms with van der Waals surface area (Å²) in [5.41, 5.74) is 0.527. The molecule has 0 bridgehead atoms. The number of hydrogen-bond donors (Lipinski definition) is 1. The SMILES string of the molecule is CCN1CCCC(NC2CSCC(C)(C)C2)C1. The molecule has 2 saturated heterocycles. The van der Waals surface area contributed by atoms with Crippen molar-refractivity contribution in [3.63, 3.8) is 0 Å². The normalized spacial score (nSPS) is 34.8. The summed E-state index contributed by atoms with van der Waals surface area (Å²) in [6.45, 7) is 10.9.